The van der Waals surface area contributed by atoms with Crippen molar-refractivity contribution in [2.75, 3.05) is 0 Å². The minimum absolute atomic E-state index is 0.560. The van der Waals surface area contributed by atoms with Gasteiger partial charge in [0.05, 0.1) is 6.07 Å². The number of nitrogens with zero attached hydrogens (tertiary/aromatic N) is 1. The van der Waals surface area contributed by atoms with Gasteiger partial charge >= 0.3 is 11.9 Å². The second-order valence-corrected chi connectivity index (χ2v) is 3.02. The number of ether oxygens (including phenoxy) is 1. The van der Waals surface area contributed by atoms with E-state index in [1.807, 2.05) is 13.0 Å². The van der Waals surface area contributed by atoms with E-state index in [9.17, 15) is 9.59 Å². The molecule has 0 spiro atoms. The molecular formula is C13H15NO3. The lowest BCUT2D eigenvalue weighted by atomic mass is 10.4. The van der Waals surface area contributed by atoms with Crippen LogP contribution in [0.25, 0.3) is 0 Å². The lowest BCUT2D eigenvalue weighted by Gasteiger charge is -1.80. The van der Waals surface area contributed by atoms with Crippen LogP contribution in [0.5, 0.6) is 0 Å². The standard InChI is InChI=1S/C5H8.C4H5N.C4H2O3/c1-4-5(2)3;1-4(2)3-5;5-3-1-2-4(6)7-3/h4H,1-2H2,3H3;1H2,2H3;1-2H. The fraction of sp³-hybridized carbons (Fsp3) is 0.154. The van der Waals surface area contributed by atoms with Gasteiger partial charge in [-0.1, -0.05) is 31.4 Å². The third-order valence-corrected chi connectivity index (χ3v) is 1.10. The van der Waals surface area contributed by atoms with Gasteiger partial charge < -0.3 is 4.74 Å². The molecule has 1 aliphatic heterocycles. The number of hydrogen-bond donors (Lipinski definition) is 0. The maximum Gasteiger partial charge on any atom is 0.338 e. The van der Waals surface area contributed by atoms with E-state index in [0.717, 1.165) is 17.7 Å². The Kier molecular flexibility index (Phi) is 10.1. The molecule has 90 valence electrons. The summed E-state index contributed by atoms with van der Waals surface area (Å²) in [6.07, 6.45) is 3.89. The van der Waals surface area contributed by atoms with Crippen molar-refractivity contribution >= 4 is 11.9 Å². The van der Waals surface area contributed by atoms with Crippen LogP contribution in [-0.4, -0.2) is 11.9 Å². The number of nitriles is 1. The van der Waals surface area contributed by atoms with Crippen LogP contribution in [0.4, 0.5) is 0 Å². The summed E-state index contributed by atoms with van der Waals surface area (Å²) < 4.78 is 3.97. The van der Waals surface area contributed by atoms with Crippen LogP contribution < -0.4 is 0 Å². The zero-order valence-electron chi connectivity index (χ0n) is 10.0. The van der Waals surface area contributed by atoms with E-state index >= 15 is 0 Å². The molecule has 0 aromatic rings. The normalized spacial score (nSPS) is 10.9. The summed E-state index contributed by atoms with van der Waals surface area (Å²) in [5.74, 6) is -1.16. The second-order valence-electron chi connectivity index (χ2n) is 3.02. The molecule has 0 fully saturated rings. The molecule has 0 saturated heterocycles. The zero-order valence-corrected chi connectivity index (χ0v) is 10.0. The van der Waals surface area contributed by atoms with E-state index in [1.54, 1.807) is 13.0 Å². The van der Waals surface area contributed by atoms with Gasteiger partial charge in [-0.2, -0.15) is 5.26 Å². The average molecular weight is 233 g/mol. The Morgan fingerprint density at radius 2 is 1.59 bits per heavy atom. The highest BCUT2D eigenvalue weighted by Crippen LogP contribution is 1.92. The minimum atomic E-state index is -0.579. The van der Waals surface area contributed by atoms with Crippen LogP contribution in [0, 0.1) is 11.3 Å². The number of esters is 2. The Morgan fingerprint density at radius 3 is 1.65 bits per heavy atom. The highest BCUT2D eigenvalue weighted by Gasteiger charge is 2.10. The van der Waals surface area contributed by atoms with Crippen molar-refractivity contribution in [1.82, 2.24) is 0 Å². The molecule has 0 bridgehead atoms. The van der Waals surface area contributed by atoms with Gasteiger partial charge in [-0.3, -0.25) is 0 Å². The molecule has 0 atom stereocenters. The molecule has 0 saturated carbocycles. The Bertz CT molecular complexity index is 381. The highest BCUT2D eigenvalue weighted by molar-refractivity contribution is 6.04. The van der Waals surface area contributed by atoms with Crippen LogP contribution in [0.2, 0.25) is 0 Å². The van der Waals surface area contributed by atoms with Crippen LogP contribution in [0.3, 0.4) is 0 Å². The molecule has 0 radical (unpaired) electrons. The van der Waals surface area contributed by atoms with Gasteiger partial charge in [-0.25, -0.2) is 9.59 Å². The van der Waals surface area contributed by atoms with Gasteiger partial charge in [0.25, 0.3) is 0 Å². The summed E-state index contributed by atoms with van der Waals surface area (Å²) in [6.45, 7) is 13.9. The lowest BCUT2D eigenvalue weighted by Crippen LogP contribution is -1.96. The maximum absolute atomic E-state index is 9.92. The Hall–Kier alpha value is -2.41. The summed E-state index contributed by atoms with van der Waals surface area (Å²) in [4.78, 5) is 19.8. The van der Waals surface area contributed by atoms with Gasteiger partial charge in [0.1, 0.15) is 0 Å². The number of hydrogen-bond acceptors (Lipinski definition) is 4. The molecule has 0 unspecified atom stereocenters. The molecule has 1 rings (SSSR count). The molecule has 0 amide bonds. The largest absolute Gasteiger partial charge is 0.387 e. The van der Waals surface area contributed by atoms with Crippen molar-refractivity contribution in [3.63, 3.8) is 0 Å². The van der Waals surface area contributed by atoms with E-state index in [4.69, 9.17) is 5.26 Å². The van der Waals surface area contributed by atoms with Crippen molar-refractivity contribution in [3.8, 4) is 6.07 Å². The Balaban J connectivity index is 0. The van der Waals surface area contributed by atoms with Gasteiger partial charge in [-0.05, 0) is 13.8 Å². The molecule has 0 aliphatic carbocycles. The fourth-order valence-electron chi connectivity index (χ4n) is 0.303. The molecule has 0 N–H and O–H groups in total. The smallest absolute Gasteiger partial charge is 0.338 e. The van der Waals surface area contributed by atoms with Crippen molar-refractivity contribution in [2.24, 2.45) is 0 Å². The molecule has 0 aromatic heterocycles. The summed E-state index contributed by atoms with van der Waals surface area (Å²) in [5, 5.41) is 7.79. The van der Waals surface area contributed by atoms with Gasteiger partial charge in [0.15, 0.2) is 0 Å². The van der Waals surface area contributed by atoms with Gasteiger partial charge in [0.2, 0.25) is 0 Å². The van der Waals surface area contributed by atoms with Gasteiger partial charge in [-0.15, -0.1) is 0 Å². The topological polar surface area (TPSA) is 67.2 Å². The Morgan fingerprint density at radius 1 is 1.29 bits per heavy atom. The van der Waals surface area contributed by atoms with E-state index in [2.05, 4.69) is 24.5 Å². The van der Waals surface area contributed by atoms with Crippen molar-refractivity contribution in [3.05, 3.63) is 49.1 Å². The van der Waals surface area contributed by atoms with E-state index in [1.165, 1.54) is 0 Å². The molecule has 1 heterocycles. The third kappa shape index (κ3) is 16.3. The maximum atomic E-state index is 9.92. The van der Waals surface area contributed by atoms with E-state index < -0.39 is 11.9 Å². The highest BCUT2D eigenvalue weighted by atomic mass is 16.6. The van der Waals surface area contributed by atoms with Crippen LogP contribution >= 0.6 is 0 Å². The molecule has 0 aromatic carbocycles. The number of carbonyl (C=O) groups is 2. The summed E-state index contributed by atoms with van der Waals surface area (Å²) in [7, 11) is 0. The van der Waals surface area contributed by atoms with Crippen LogP contribution in [-0.2, 0) is 14.3 Å². The summed E-state index contributed by atoms with van der Waals surface area (Å²) >= 11 is 0. The molecule has 1 aliphatic rings. The van der Waals surface area contributed by atoms with E-state index in [0.29, 0.717) is 5.57 Å². The predicted molar refractivity (Wildman–Crippen MR) is 65.7 cm³/mol. The number of carbonyl (C=O) groups excluding carboxylic acids is 2. The van der Waals surface area contributed by atoms with Crippen LogP contribution in [0.1, 0.15) is 13.8 Å². The number of cyclic esters (lactones) is 2. The third-order valence-electron chi connectivity index (χ3n) is 1.10. The first-order valence-electron chi connectivity index (χ1n) is 4.60. The number of allylic oxidation sites excluding steroid dienone is 3. The molecule has 4 nitrogen and oxygen atoms in total. The van der Waals surface area contributed by atoms with Crippen LogP contribution in [0.15, 0.2) is 49.1 Å². The molecule has 17 heavy (non-hydrogen) atoms. The SMILES string of the molecule is C=C(C)C#N.C=CC(=C)C.O=C1C=CC(=O)O1. The van der Waals surface area contributed by atoms with Crippen molar-refractivity contribution in [1.29, 1.82) is 5.26 Å². The minimum Gasteiger partial charge on any atom is -0.387 e. The Labute approximate surface area is 101 Å². The summed E-state index contributed by atoms with van der Waals surface area (Å²) in [6, 6.07) is 1.83. The number of rotatable bonds is 1. The average Bonchev–Trinajstić information content (AvgIpc) is 2.64. The van der Waals surface area contributed by atoms with Gasteiger partial charge in [0, 0.05) is 17.7 Å². The lowest BCUT2D eigenvalue weighted by molar-refractivity contribution is -0.150. The van der Waals surface area contributed by atoms with E-state index in [-0.39, 0.29) is 0 Å². The monoisotopic (exact) mass is 233 g/mol. The molecule has 4 heteroatoms. The van der Waals surface area contributed by atoms with Crippen molar-refractivity contribution < 1.29 is 14.3 Å². The first-order chi connectivity index (χ1) is 7.83. The quantitative estimate of drug-likeness (QED) is 0.302. The first-order valence-corrected chi connectivity index (χ1v) is 4.60. The predicted octanol–water partition coefficient (Wildman–Crippen LogP) is 2.46. The molecular weight excluding hydrogens is 218 g/mol. The zero-order chi connectivity index (χ0) is 13.8. The summed E-state index contributed by atoms with van der Waals surface area (Å²) in [5.41, 5.74) is 1.58. The fourth-order valence-corrected chi connectivity index (χ4v) is 0.303. The second kappa shape index (κ2) is 10.1. The van der Waals surface area contributed by atoms with Crippen molar-refractivity contribution in [2.45, 2.75) is 13.8 Å². The first kappa shape index (κ1) is 17.0.